The standard InChI is InChI=1S/C18H13NO4/c1-11(20)12-5-4-6-13(9-12)23-18(22)15-10-17(21)19-16-8-3-2-7-14(15)16/h2-10H,1H3,(H,19,21). The Balaban J connectivity index is 2.00. The first-order valence-electron chi connectivity index (χ1n) is 7.00. The van der Waals surface area contributed by atoms with Crippen molar-refractivity contribution in [3.05, 3.63) is 76.1 Å². The molecule has 3 rings (SSSR count). The number of hydrogen-bond donors (Lipinski definition) is 1. The molecule has 0 unspecified atom stereocenters. The van der Waals surface area contributed by atoms with E-state index in [4.69, 9.17) is 4.74 Å². The fourth-order valence-electron chi connectivity index (χ4n) is 2.31. The lowest BCUT2D eigenvalue weighted by atomic mass is 10.1. The number of esters is 1. The Kier molecular flexibility index (Phi) is 3.76. The third-order valence-electron chi connectivity index (χ3n) is 3.42. The number of carbonyl (C=O) groups is 2. The van der Waals surface area contributed by atoms with Crippen LogP contribution in [0.15, 0.2) is 59.4 Å². The number of H-pyrrole nitrogens is 1. The number of para-hydroxylation sites is 1. The first-order valence-corrected chi connectivity index (χ1v) is 7.00. The van der Waals surface area contributed by atoms with Gasteiger partial charge in [0.05, 0.1) is 5.56 Å². The molecular weight excluding hydrogens is 294 g/mol. The highest BCUT2D eigenvalue weighted by Gasteiger charge is 2.14. The van der Waals surface area contributed by atoms with E-state index in [9.17, 15) is 14.4 Å². The Labute approximate surface area is 131 Å². The molecule has 0 bridgehead atoms. The van der Waals surface area contributed by atoms with E-state index >= 15 is 0 Å². The predicted octanol–water partition coefficient (Wildman–Crippen LogP) is 2.95. The average molecular weight is 307 g/mol. The van der Waals surface area contributed by atoms with E-state index < -0.39 is 5.97 Å². The molecule has 3 aromatic rings. The van der Waals surface area contributed by atoms with Crippen molar-refractivity contribution in [2.45, 2.75) is 6.92 Å². The quantitative estimate of drug-likeness (QED) is 0.458. The van der Waals surface area contributed by atoms with E-state index in [-0.39, 0.29) is 22.7 Å². The van der Waals surface area contributed by atoms with E-state index in [1.165, 1.54) is 19.1 Å². The Hall–Kier alpha value is -3.21. The number of hydrogen-bond acceptors (Lipinski definition) is 4. The molecule has 1 aromatic heterocycles. The lowest BCUT2D eigenvalue weighted by molar-refractivity contribution is 0.0735. The van der Waals surface area contributed by atoms with Gasteiger partial charge in [-0.2, -0.15) is 0 Å². The molecule has 2 aromatic carbocycles. The average Bonchev–Trinajstić information content (AvgIpc) is 2.54. The molecule has 0 spiro atoms. The van der Waals surface area contributed by atoms with Crippen LogP contribution < -0.4 is 10.3 Å². The van der Waals surface area contributed by atoms with Crippen molar-refractivity contribution in [1.82, 2.24) is 4.98 Å². The van der Waals surface area contributed by atoms with Gasteiger partial charge in [-0.25, -0.2) is 4.79 Å². The lowest BCUT2D eigenvalue weighted by Crippen LogP contribution is -2.15. The summed E-state index contributed by atoms with van der Waals surface area (Å²) in [5.41, 5.74) is 0.807. The number of rotatable bonds is 3. The molecule has 0 aliphatic carbocycles. The van der Waals surface area contributed by atoms with Gasteiger partial charge in [0.2, 0.25) is 5.56 Å². The van der Waals surface area contributed by atoms with Gasteiger partial charge in [0.25, 0.3) is 0 Å². The minimum absolute atomic E-state index is 0.121. The first-order chi connectivity index (χ1) is 11.0. The van der Waals surface area contributed by atoms with Crippen LogP contribution in [0.25, 0.3) is 10.9 Å². The SMILES string of the molecule is CC(=O)c1cccc(OC(=O)c2cc(=O)[nH]c3ccccc23)c1. The molecule has 1 heterocycles. The van der Waals surface area contributed by atoms with Crippen LogP contribution in [0.5, 0.6) is 5.75 Å². The van der Waals surface area contributed by atoms with E-state index in [1.807, 2.05) is 0 Å². The van der Waals surface area contributed by atoms with Crippen LogP contribution in [0, 0.1) is 0 Å². The van der Waals surface area contributed by atoms with Gasteiger partial charge in [-0.15, -0.1) is 0 Å². The molecule has 23 heavy (non-hydrogen) atoms. The van der Waals surface area contributed by atoms with E-state index in [0.29, 0.717) is 16.5 Å². The van der Waals surface area contributed by atoms with Crippen molar-refractivity contribution >= 4 is 22.7 Å². The van der Waals surface area contributed by atoms with Crippen LogP contribution in [0.1, 0.15) is 27.6 Å². The highest BCUT2D eigenvalue weighted by atomic mass is 16.5. The monoisotopic (exact) mass is 307 g/mol. The fraction of sp³-hybridized carbons (Fsp3) is 0.0556. The van der Waals surface area contributed by atoms with Crippen LogP contribution in [0.4, 0.5) is 0 Å². The van der Waals surface area contributed by atoms with Crippen molar-refractivity contribution in [2.75, 3.05) is 0 Å². The number of nitrogens with one attached hydrogen (secondary N) is 1. The molecule has 114 valence electrons. The van der Waals surface area contributed by atoms with Gasteiger partial charge in [-0.05, 0) is 25.1 Å². The summed E-state index contributed by atoms with van der Waals surface area (Å²) in [5.74, 6) is -0.510. The summed E-state index contributed by atoms with van der Waals surface area (Å²) in [6.07, 6.45) is 0. The molecule has 0 radical (unpaired) electrons. The van der Waals surface area contributed by atoms with Gasteiger partial charge in [-0.1, -0.05) is 30.3 Å². The molecule has 5 nitrogen and oxygen atoms in total. The molecule has 0 saturated carbocycles. The molecule has 0 fully saturated rings. The summed E-state index contributed by atoms with van der Waals surface area (Å²) in [5, 5.41) is 0.597. The van der Waals surface area contributed by atoms with E-state index in [2.05, 4.69) is 4.98 Å². The van der Waals surface area contributed by atoms with E-state index in [0.717, 1.165) is 0 Å². The van der Waals surface area contributed by atoms with Crippen LogP contribution in [0.3, 0.4) is 0 Å². The number of Topliss-reactive ketones (excluding diaryl/α,β-unsaturated/α-hetero) is 1. The number of fused-ring (bicyclic) bond motifs is 1. The van der Waals surface area contributed by atoms with Crippen molar-refractivity contribution in [3.8, 4) is 5.75 Å². The van der Waals surface area contributed by atoms with E-state index in [1.54, 1.807) is 42.5 Å². The van der Waals surface area contributed by atoms with Crippen LogP contribution in [-0.4, -0.2) is 16.7 Å². The zero-order chi connectivity index (χ0) is 16.4. The van der Waals surface area contributed by atoms with Crippen molar-refractivity contribution in [1.29, 1.82) is 0 Å². The molecule has 1 N–H and O–H groups in total. The maximum absolute atomic E-state index is 12.4. The molecule has 0 saturated heterocycles. The Bertz CT molecular complexity index is 972. The topological polar surface area (TPSA) is 76.2 Å². The Morgan fingerprint density at radius 3 is 2.57 bits per heavy atom. The number of aromatic amines is 1. The number of carbonyl (C=O) groups excluding carboxylic acids is 2. The second-order valence-corrected chi connectivity index (χ2v) is 5.07. The molecule has 0 aliphatic rings. The Morgan fingerprint density at radius 1 is 1.00 bits per heavy atom. The second kappa shape index (κ2) is 5.88. The van der Waals surface area contributed by atoms with Crippen LogP contribution in [-0.2, 0) is 0 Å². The van der Waals surface area contributed by atoms with Gasteiger partial charge in [0.1, 0.15) is 5.75 Å². The first kappa shape index (κ1) is 14.7. The highest BCUT2D eigenvalue weighted by Crippen LogP contribution is 2.19. The summed E-state index contributed by atoms with van der Waals surface area (Å²) in [4.78, 5) is 38.1. The number of ether oxygens (including phenoxy) is 1. The van der Waals surface area contributed by atoms with Gasteiger partial charge in [0.15, 0.2) is 5.78 Å². The van der Waals surface area contributed by atoms with Gasteiger partial charge in [-0.3, -0.25) is 9.59 Å². The zero-order valence-corrected chi connectivity index (χ0v) is 12.3. The minimum Gasteiger partial charge on any atom is -0.423 e. The molecular formula is C18H13NO4. The number of benzene rings is 2. The van der Waals surface area contributed by atoms with Gasteiger partial charge >= 0.3 is 5.97 Å². The third-order valence-corrected chi connectivity index (χ3v) is 3.42. The number of pyridine rings is 1. The Morgan fingerprint density at radius 2 is 1.78 bits per heavy atom. The number of ketones is 1. The van der Waals surface area contributed by atoms with Crippen molar-refractivity contribution < 1.29 is 14.3 Å². The molecule has 5 heteroatoms. The molecule has 0 aliphatic heterocycles. The molecule has 0 amide bonds. The van der Waals surface area contributed by atoms with Gasteiger partial charge < -0.3 is 9.72 Å². The maximum Gasteiger partial charge on any atom is 0.344 e. The third kappa shape index (κ3) is 3.03. The summed E-state index contributed by atoms with van der Waals surface area (Å²) in [7, 11) is 0. The summed E-state index contributed by atoms with van der Waals surface area (Å²) in [6.45, 7) is 1.44. The minimum atomic E-state index is -0.645. The van der Waals surface area contributed by atoms with Crippen LogP contribution in [0.2, 0.25) is 0 Å². The maximum atomic E-state index is 12.4. The largest absolute Gasteiger partial charge is 0.423 e. The van der Waals surface area contributed by atoms with Gasteiger partial charge in [0, 0.05) is 22.5 Å². The fourth-order valence-corrected chi connectivity index (χ4v) is 2.31. The predicted molar refractivity (Wildman–Crippen MR) is 86.0 cm³/mol. The zero-order valence-electron chi connectivity index (χ0n) is 12.3. The summed E-state index contributed by atoms with van der Waals surface area (Å²) < 4.78 is 5.31. The molecule has 0 atom stereocenters. The number of aromatic nitrogens is 1. The van der Waals surface area contributed by atoms with Crippen molar-refractivity contribution in [3.63, 3.8) is 0 Å². The highest BCUT2D eigenvalue weighted by molar-refractivity contribution is 6.04. The lowest BCUT2D eigenvalue weighted by Gasteiger charge is -2.07. The van der Waals surface area contributed by atoms with Crippen molar-refractivity contribution in [2.24, 2.45) is 0 Å². The summed E-state index contributed by atoms with van der Waals surface area (Å²) in [6, 6.07) is 14.5. The normalized spacial score (nSPS) is 10.5. The summed E-state index contributed by atoms with van der Waals surface area (Å²) >= 11 is 0. The smallest absolute Gasteiger partial charge is 0.344 e. The second-order valence-electron chi connectivity index (χ2n) is 5.07. The van der Waals surface area contributed by atoms with Crippen LogP contribution >= 0.6 is 0 Å².